The van der Waals surface area contributed by atoms with Crippen LogP contribution in [-0.4, -0.2) is 36.1 Å². The van der Waals surface area contributed by atoms with Crippen molar-refractivity contribution in [3.63, 3.8) is 0 Å². The van der Waals surface area contributed by atoms with Gasteiger partial charge in [0.2, 0.25) is 5.95 Å². The smallest absolute Gasteiger partial charge is 0.223 e. The molecule has 1 aliphatic rings. The molecule has 5 N–H and O–H groups in total. The number of hydrogen-bond acceptors (Lipinski definition) is 6. The zero-order valence-corrected chi connectivity index (χ0v) is 10.4. The van der Waals surface area contributed by atoms with E-state index in [2.05, 4.69) is 20.2 Å². The Labute approximate surface area is 101 Å². The van der Waals surface area contributed by atoms with Crippen LogP contribution in [0.4, 0.5) is 17.6 Å². The Morgan fingerprint density at radius 2 is 2.12 bits per heavy atom. The molecule has 1 aliphatic heterocycles. The fourth-order valence-electron chi connectivity index (χ4n) is 2.25. The molecule has 0 radical (unpaired) electrons. The summed E-state index contributed by atoms with van der Waals surface area (Å²) in [4.78, 5) is 10.5. The van der Waals surface area contributed by atoms with Crippen molar-refractivity contribution in [2.24, 2.45) is 0 Å². The fraction of sp³-hybridized carbons (Fsp3) is 0.636. The highest BCUT2D eigenvalue weighted by atomic mass is 15.2. The lowest BCUT2D eigenvalue weighted by Crippen LogP contribution is -2.45. The highest BCUT2D eigenvalue weighted by Crippen LogP contribution is 2.25. The van der Waals surface area contributed by atoms with Gasteiger partial charge in [0.15, 0.2) is 0 Å². The second kappa shape index (κ2) is 4.75. The predicted molar refractivity (Wildman–Crippen MR) is 69.9 cm³/mol. The summed E-state index contributed by atoms with van der Waals surface area (Å²) in [6, 6.07) is 0.501. The van der Waals surface area contributed by atoms with E-state index in [9.17, 15) is 0 Å². The summed E-state index contributed by atoms with van der Waals surface area (Å²) >= 11 is 0. The second-order valence-electron chi connectivity index (χ2n) is 4.49. The van der Waals surface area contributed by atoms with Crippen LogP contribution in [0, 0.1) is 6.92 Å². The van der Waals surface area contributed by atoms with E-state index in [1.165, 1.54) is 6.42 Å². The number of piperidine rings is 1. The quantitative estimate of drug-likeness (QED) is 0.676. The SMILES string of the molecule is CNC1CCCN(c2nc(N)nc(N)c2C)C1. The topological polar surface area (TPSA) is 93.1 Å². The Hall–Kier alpha value is -1.56. The lowest BCUT2D eigenvalue weighted by atomic mass is 10.1. The first kappa shape index (κ1) is 11.9. The van der Waals surface area contributed by atoms with Crippen molar-refractivity contribution >= 4 is 17.6 Å². The van der Waals surface area contributed by atoms with Crippen LogP contribution in [0.5, 0.6) is 0 Å². The third kappa shape index (κ3) is 2.41. The van der Waals surface area contributed by atoms with Gasteiger partial charge in [0.1, 0.15) is 11.6 Å². The number of rotatable bonds is 2. The van der Waals surface area contributed by atoms with Crippen LogP contribution >= 0.6 is 0 Å². The number of hydrogen-bond donors (Lipinski definition) is 3. The van der Waals surface area contributed by atoms with E-state index in [-0.39, 0.29) is 5.95 Å². The minimum absolute atomic E-state index is 0.245. The van der Waals surface area contributed by atoms with Crippen molar-refractivity contribution in [1.82, 2.24) is 15.3 Å². The Morgan fingerprint density at radius 3 is 2.82 bits per heavy atom. The van der Waals surface area contributed by atoms with Crippen molar-refractivity contribution < 1.29 is 0 Å². The third-order valence-corrected chi connectivity index (χ3v) is 3.30. The van der Waals surface area contributed by atoms with Crippen LogP contribution in [0.15, 0.2) is 0 Å². The molecule has 0 spiro atoms. The first-order valence-electron chi connectivity index (χ1n) is 5.93. The number of nitrogen functional groups attached to an aromatic ring is 2. The standard InChI is InChI=1S/C11H20N6/c1-7-9(12)15-11(13)16-10(7)17-5-3-4-8(6-17)14-2/h8,14H,3-6H2,1-2H3,(H4,12,13,15,16). The molecule has 0 saturated carbocycles. The maximum atomic E-state index is 5.82. The monoisotopic (exact) mass is 236 g/mol. The van der Waals surface area contributed by atoms with Crippen molar-refractivity contribution in [2.75, 3.05) is 36.5 Å². The molecule has 1 aromatic rings. The lowest BCUT2D eigenvalue weighted by molar-refractivity contribution is 0.447. The van der Waals surface area contributed by atoms with Gasteiger partial charge in [-0.05, 0) is 26.8 Å². The maximum Gasteiger partial charge on any atom is 0.223 e. The summed E-state index contributed by atoms with van der Waals surface area (Å²) in [6.45, 7) is 3.87. The summed E-state index contributed by atoms with van der Waals surface area (Å²) in [5.74, 6) is 1.59. The van der Waals surface area contributed by atoms with Gasteiger partial charge in [-0.25, -0.2) is 0 Å². The summed E-state index contributed by atoms with van der Waals surface area (Å²) in [6.07, 6.45) is 2.34. The summed E-state index contributed by atoms with van der Waals surface area (Å²) < 4.78 is 0. The molecule has 17 heavy (non-hydrogen) atoms. The molecule has 94 valence electrons. The molecule has 2 rings (SSSR count). The van der Waals surface area contributed by atoms with Crippen LogP contribution in [0.1, 0.15) is 18.4 Å². The van der Waals surface area contributed by atoms with Gasteiger partial charge in [-0.2, -0.15) is 9.97 Å². The van der Waals surface area contributed by atoms with Crippen molar-refractivity contribution in [1.29, 1.82) is 0 Å². The highest BCUT2D eigenvalue weighted by Gasteiger charge is 2.22. The van der Waals surface area contributed by atoms with E-state index < -0.39 is 0 Å². The molecule has 0 aromatic carbocycles. The minimum atomic E-state index is 0.245. The summed E-state index contributed by atoms with van der Waals surface area (Å²) in [5.41, 5.74) is 12.4. The van der Waals surface area contributed by atoms with E-state index >= 15 is 0 Å². The molecular formula is C11H20N6. The average molecular weight is 236 g/mol. The molecule has 6 nitrogen and oxygen atoms in total. The van der Waals surface area contributed by atoms with E-state index in [0.29, 0.717) is 11.9 Å². The molecule has 2 heterocycles. The number of likely N-dealkylation sites (N-methyl/N-ethyl adjacent to an activating group) is 1. The highest BCUT2D eigenvalue weighted by molar-refractivity contribution is 5.59. The molecule has 1 saturated heterocycles. The minimum Gasteiger partial charge on any atom is -0.383 e. The van der Waals surface area contributed by atoms with Crippen LogP contribution in [0.2, 0.25) is 0 Å². The second-order valence-corrected chi connectivity index (χ2v) is 4.49. The van der Waals surface area contributed by atoms with E-state index in [1.807, 2.05) is 14.0 Å². The van der Waals surface area contributed by atoms with E-state index in [4.69, 9.17) is 11.5 Å². The van der Waals surface area contributed by atoms with Crippen LogP contribution in [0.25, 0.3) is 0 Å². The Bertz CT molecular complexity index is 405. The fourth-order valence-corrected chi connectivity index (χ4v) is 2.25. The summed E-state index contributed by atoms with van der Waals surface area (Å²) in [7, 11) is 1.99. The molecule has 1 fully saturated rings. The van der Waals surface area contributed by atoms with Gasteiger partial charge in [-0.1, -0.05) is 0 Å². The summed E-state index contributed by atoms with van der Waals surface area (Å²) in [5, 5.41) is 3.30. The molecule has 1 atom stereocenters. The number of nitrogens with one attached hydrogen (secondary N) is 1. The van der Waals surface area contributed by atoms with Crippen LogP contribution in [0.3, 0.4) is 0 Å². The van der Waals surface area contributed by atoms with Gasteiger partial charge in [-0.15, -0.1) is 0 Å². The number of aromatic nitrogens is 2. The van der Waals surface area contributed by atoms with Gasteiger partial charge in [0.05, 0.1) is 0 Å². The normalized spacial score (nSPS) is 20.6. The molecule has 1 aromatic heterocycles. The third-order valence-electron chi connectivity index (χ3n) is 3.30. The van der Waals surface area contributed by atoms with Gasteiger partial charge >= 0.3 is 0 Å². The molecule has 6 heteroatoms. The molecular weight excluding hydrogens is 216 g/mol. The first-order valence-corrected chi connectivity index (χ1v) is 5.93. The van der Waals surface area contributed by atoms with Crippen molar-refractivity contribution in [3.05, 3.63) is 5.56 Å². The van der Waals surface area contributed by atoms with Crippen LogP contribution in [-0.2, 0) is 0 Å². The van der Waals surface area contributed by atoms with Gasteiger partial charge < -0.3 is 21.7 Å². The zero-order valence-electron chi connectivity index (χ0n) is 10.4. The molecule has 1 unspecified atom stereocenters. The van der Waals surface area contributed by atoms with E-state index in [1.54, 1.807) is 0 Å². The average Bonchev–Trinajstić information content (AvgIpc) is 2.34. The Balaban J connectivity index is 2.27. The molecule has 0 amide bonds. The van der Waals surface area contributed by atoms with Crippen molar-refractivity contribution in [3.8, 4) is 0 Å². The number of anilines is 3. The van der Waals surface area contributed by atoms with Gasteiger partial charge in [0.25, 0.3) is 0 Å². The Kier molecular flexibility index (Phi) is 3.33. The van der Waals surface area contributed by atoms with E-state index in [0.717, 1.165) is 30.9 Å². The lowest BCUT2D eigenvalue weighted by Gasteiger charge is -2.34. The zero-order chi connectivity index (χ0) is 12.4. The predicted octanol–water partition coefficient (Wildman–Crippen LogP) is 0.138. The first-order chi connectivity index (χ1) is 8.11. The number of nitrogens with two attached hydrogens (primary N) is 2. The van der Waals surface area contributed by atoms with Crippen molar-refractivity contribution in [2.45, 2.75) is 25.8 Å². The van der Waals surface area contributed by atoms with Crippen LogP contribution < -0.4 is 21.7 Å². The van der Waals surface area contributed by atoms with Gasteiger partial charge in [0, 0.05) is 24.7 Å². The molecule has 0 bridgehead atoms. The largest absolute Gasteiger partial charge is 0.383 e. The maximum absolute atomic E-state index is 5.82. The van der Waals surface area contributed by atoms with Gasteiger partial charge in [-0.3, -0.25) is 0 Å². The molecule has 0 aliphatic carbocycles. The Morgan fingerprint density at radius 1 is 1.35 bits per heavy atom. The number of nitrogens with zero attached hydrogens (tertiary/aromatic N) is 3.